The summed E-state index contributed by atoms with van der Waals surface area (Å²) in [4.78, 5) is 20.8. The summed E-state index contributed by atoms with van der Waals surface area (Å²) in [5.41, 5.74) is 5.31. The molecule has 0 saturated heterocycles. The second kappa shape index (κ2) is 7.86. The Bertz CT molecular complexity index is 1040. The maximum Gasteiger partial charge on any atom is 0.278 e. The van der Waals surface area contributed by atoms with Crippen molar-refractivity contribution in [3.8, 4) is 17.2 Å². The highest BCUT2D eigenvalue weighted by atomic mass is 35.5. The van der Waals surface area contributed by atoms with Crippen LogP contribution in [-0.4, -0.2) is 27.8 Å². The zero-order valence-electron chi connectivity index (χ0n) is 14.5. The number of halogens is 1. The maximum atomic E-state index is 12.2. The maximum absolute atomic E-state index is 12.2. The molecule has 0 bridgehead atoms. The van der Waals surface area contributed by atoms with Gasteiger partial charge in [-0.1, -0.05) is 23.7 Å². The molecular formula is C18H15ClN6O2. The quantitative estimate of drug-likeness (QED) is 0.519. The van der Waals surface area contributed by atoms with Crippen LogP contribution < -0.4 is 10.8 Å². The van der Waals surface area contributed by atoms with Gasteiger partial charge in [0.05, 0.1) is 35.8 Å². The second-order valence-electron chi connectivity index (χ2n) is 5.56. The monoisotopic (exact) mass is 382 g/mol. The minimum absolute atomic E-state index is 0.202. The van der Waals surface area contributed by atoms with E-state index < -0.39 is 5.91 Å². The highest BCUT2D eigenvalue weighted by Gasteiger charge is 2.16. The predicted octanol–water partition coefficient (Wildman–Crippen LogP) is 3.04. The van der Waals surface area contributed by atoms with Crippen molar-refractivity contribution in [1.82, 2.24) is 20.2 Å². The highest BCUT2D eigenvalue weighted by molar-refractivity contribution is 6.29. The summed E-state index contributed by atoms with van der Waals surface area (Å²) in [5.74, 6) is -0.494. The van der Waals surface area contributed by atoms with E-state index in [0.29, 0.717) is 16.9 Å². The van der Waals surface area contributed by atoms with Gasteiger partial charge < -0.3 is 5.32 Å². The molecule has 0 atom stereocenters. The number of benzene rings is 1. The molecule has 8 nitrogen and oxygen atoms in total. The van der Waals surface area contributed by atoms with Crippen molar-refractivity contribution in [3.05, 3.63) is 59.1 Å². The number of carbonyl (C=O) groups excluding carboxylic acids is 1. The topological polar surface area (TPSA) is 105 Å². The van der Waals surface area contributed by atoms with E-state index in [-0.39, 0.29) is 10.7 Å². The Morgan fingerprint density at radius 1 is 1.33 bits per heavy atom. The molecule has 27 heavy (non-hydrogen) atoms. The van der Waals surface area contributed by atoms with E-state index in [0.717, 1.165) is 11.1 Å². The molecule has 0 radical (unpaired) electrons. The molecule has 3 aromatic rings. The largest absolute Gasteiger partial charge is 0.354 e. The van der Waals surface area contributed by atoms with E-state index in [1.165, 1.54) is 19.4 Å². The first kappa shape index (κ1) is 18.4. The van der Waals surface area contributed by atoms with Crippen molar-refractivity contribution < 1.29 is 9.63 Å². The lowest BCUT2D eigenvalue weighted by atomic mass is 10.0. The molecule has 0 fully saturated rings. The van der Waals surface area contributed by atoms with Crippen molar-refractivity contribution in [3.63, 3.8) is 0 Å². The van der Waals surface area contributed by atoms with Gasteiger partial charge >= 0.3 is 0 Å². The molecule has 0 aliphatic rings. The van der Waals surface area contributed by atoms with E-state index in [9.17, 15) is 10.1 Å². The third-order valence-corrected chi connectivity index (χ3v) is 3.98. The van der Waals surface area contributed by atoms with Gasteiger partial charge in [0.15, 0.2) is 0 Å². The zero-order chi connectivity index (χ0) is 19.4. The smallest absolute Gasteiger partial charge is 0.278 e. The number of nitriles is 1. The molecule has 2 aromatic heterocycles. The third kappa shape index (κ3) is 3.89. The number of nitrogens with zero attached hydrogens (tertiary/aromatic N) is 4. The van der Waals surface area contributed by atoms with E-state index in [1.807, 2.05) is 18.3 Å². The molecular weight excluding hydrogens is 368 g/mol. The van der Waals surface area contributed by atoms with Crippen LogP contribution in [0.15, 0.2) is 42.9 Å². The Morgan fingerprint density at radius 3 is 2.81 bits per heavy atom. The average Bonchev–Trinajstić information content (AvgIpc) is 3.08. The molecule has 1 aromatic carbocycles. The lowest BCUT2D eigenvalue weighted by molar-refractivity contribution is 0.0538. The van der Waals surface area contributed by atoms with Crippen molar-refractivity contribution in [2.24, 2.45) is 7.05 Å². The van der Waals surface area contributed by atoms with Gasteiger partial charge in [-0.2, -0.15) is 10.4 Å². The lowest BCUT2D eigenvalue weighted by Crippen LogP contribution is -2.23. The fourth-order valence-electron chi connectivity index (χ4n) is 2.58. The van der Waals surface area contributed by atoms with E-state index in [2.05, 4.69) is 31.8 Å². The summed E-state index contributed by atoms with van der Waals surface area (Å²) in [6, 6.07) is 9.09. The number of aromatic nitrogens is 3. The van der Waals surface area contributed by atoms with E-state index >= 15 is 0 Å². The number of rotatable bonds is 5. The van der Waals surface area contributed by atoms with Gasteiger partial charge in [-0.05, 0) is 12.1 Å². The number of carbonyl (C=O) groups is 1. The van der Waals surface area contributed by atoms with Gasteiger partial charge in [-0.3, -0.25) is 14.3 Å². The molecule has 3 rings (SSSR count). The van der Waals surface area contributed by atoms with Gasteiger partial charge in [0.25, 0.3) is 5.91 Å². The number of amides is 1. The van der Waals surface area contributed by atoms with Gasteiger partial charge in [-0.15, -0.1) is 0 Å². The van der Waals surface area contributed by atoms with Crippen molar-refractivity contribution in [1.29, 1.82) is 5.26 Å². The summed E-state index contributed by atoms with van der Waals surface area (Å²) in [5, 5.41) is 17.2. The van der Waals surface area contributed by atoms with Crippen LogP contribution in [0, 0.1) is 11.3 Å². The summed E-state index contributed by atoms with van der Waals surface area (Å²) in [6.07, 6.45) is 4.83. The second-order valence-corrected chi connectivity index (χ2v) is 5.94. The number of nitrogens with one attached hydrogen (secondary N) is 2. The molecule has 9 heteroatoms. The summed E-state index contributed by atoms with van der Waals surface area (Å²) >= 11 is 5.98. The molecule has 0 unspecified atom stereocenters. The number of hydroxylamine groups is 1. The van der Waals surface area contributed by atoms with Crippen LogP contribution in [0.2, 0.25) is 5.15 Å². The van der Waals surface area contributed by atoms with Crippen molar-refractivity contribution >= 4 is 28.9 Å². The van der Waals surface area contributed by atoms with Crippen molar-refractivity contribution in [2.45, 2.75) is 0 Å². The Hall–Kier alpha value is -3.41. The minimum Gasteiger partial charge on any atom is -0.354 e. The number of aryl methyl sites for hydroxylation is 1. The van der Waals surface area contributed by atoms with Crippen LogP contribution in [0.1, 0.15) is 15.9 Å². The normalized spacial score (nSPS) is 10.3. The first-order chi connectivity index (χ1) is 13.0. The molecule has 0 aliphatic heterocycles. The fraction of sp³-hybridized carbons (Fsp3) is 0.111. The highest BCUT2D eigenvalue weighted by Crippen LogP contribution is 2.31. The Morgan fingerprint density at radius 2 is 2.15 bits per heavy atom. The summed E-state index contributed by atoms with van der Waals surface area (Å²) in [6.45, 7) is 0. The number of pyridine rings is 1. The number of hydrogen-bond acceptors (Lipinski definition) is 6. The van der Waals surface area contributed by atoms with Crippen LogP contribution in [0.5, 0.6) is 0 Å². The fourth-order valence-corrected chi connectivity index (χ4v) is 2.74. The number of hydrogen-bond donors (Lipinski definition) is 2. The summed E-state index contributed by atoms with van der Waals surface area (Å²) < 4.78 is 1.66. The van der Waals surface area contributed by atoms with Crippen LogP contribution in [0.25, 0.3) is 11.1 Å². The Balaban J connectivity index is 2.06. The van der Waals surface area contributed by atoms with Crippen LogP contribution in [0.3, 0.4) is 0 Å². The average molecular weight is 383 g/mol. The van der Waals surface area contributed by atoms with Crippen LogP contribution in [-0.2, 0) is 11.9 Å². The SMILES string of the molecule is CONC(=O)c1cnc(Cl)cc1Nc1cccc(-c2cnn(C)c2)c1C#N. The summed E-state index contributed by atoms with van der Waals surface area (Å²) in [7, 11) is 3.14. The van der Waals surface area contributed by atoms with Gasteiger partial charge in [0.1, 0.15) is 11.2 Å². The predicted molar refractivity (Wildman–Crippen MR) is 100 cm³/mol. The molecule has 2 heterocycles. The molecule has 0 spiro atoms. The van der Waals surface area contributed by atoms with Crippen LogP contribution in [0.4, 0.5) is 11.4 Å². The van der Waals surface area contributed by atoms with E-state index in [4.69, 9.17) is 11.6 Å². The molecule has 0 saturated carbocycles. The van der Waals surface area contributed by atoms with Gasteiger partial charge in [0, 0.05) is 30.6 Å². The molecule has 2 N–H and O–H groups in total. The van der Waals surface area contributed by atoms with Gasteiger partial charge in [-0.25, -0.2) is 10.5 Å². The Kier molecular flexibility index (Phi) is 5.35. The van der Waals surface area contributed by atoms with Gasteiger partial charge in [0.2, 0.25) is 0 Å². The zero-order valence-corrected chi connectivity index (χ0v) is 15.3. The minimum atomic E-state index is -0.494. The van der Waals surface area contributed by atoms with E-state index in [1.54, 1.807) is 24.0 Å². The Labute approximate surface area is 160 Å². The van der Waals surface area contributed by atoms with Crippen molar-refractivity contribution in [2.75, 3.05) is 12.4 Å². The first-order valence-electron chi connectivity index (χ1n) is 7.81. The standard InChI is InChI=1S/C18H15ClN6O2/c1-25-10-11(8-22-25)12-4-3-5-15(13(12)7-20)23-16-6-17(19)21-9-14(16)18(26)24-27-2/h3-6,8-10H,1-2H3,(H,21,23)(H,24,26). The lowest BCUT2D eigenvalue weighted by Gasteiger charge is -2.14. The molecule has 1 amide bonds. The molecule has 0 aliphatic carbocycles. The first-order valence-corrected chi connectivity index (χ1v) is 8.19. The van der Waals surface area contributed by atoms with Crippen LogP contribution >= 0.6 is 11.6 Å². The number of anilines is 2. The third-order valence-electron chi connectivity index (χ3n) is 3.77. The molecule has 136 valence electrons.